The molecule has 0 radical (unpaired) electrons. The number of nitrogens with one attached hydrogen (secondary N) is 1. The van der Waals surface area contributed by atoms with E-state index < -0.39 is 26.6 Å². The summed E-state index contributed by atoms with van der Waals surface area (Å²) in [5.74, 6) is -0.218. The van der Waals surface area contributed by atoms with Crippen molar-refractivity contribution in [2.24, 2.45) is 0 Å². The smallest absolute Gasteiger partial charge is 0.268 e. The molecular weight excluding hydrogens is 671 g/mol. The summed E-state index contributed by atoms with van der Waals surface area (Å²) in [4.78, 5) is 25.2. The Morgan fingerprint density at radius 1 is 0.654 bits per heavy atom. The molecule has 0 aliphatic carbocycles. The zero-order valence-electron chi connectivity index (χ0n) is 34.5. The largest absolute Gasteiger partial charge is 0.756 e. The van der Waals surface area contributed by atoms with E-state index in [2.05, 4.69) is 43.5 Å². The highest BCUT2D eigenvalue weighted by molar-refractivity contribution is 7.45. The Balaban J connectivity index is 4.53. The second-order valence-electron chi connectivity index (χ2n) is 15.7. The molecule has 0 aromatic carbocycles. The summed E-state index contributed by atoms with van der Waals surface area (Å²) in [5.41, 5.74) is 0. The minimum absolute atomic E-state index is 0.00805. The Hall–Kier alpha value is -1.28. The Morgan fingerprint density at radius 3 is 1.56 bits per heavy atom. The number of quaternary nitrogens is 1. The highest BCUT2D eigenvalue weighted by atomic mass is 31.2. The third kappa shape index (κ3) is 37.1. The van der Waals surface area contributed by atoms with E-state index in [-0.39, 0.29) is 12.5 Å². The van der Waals surface area contributed by atoms with E-state index in [0.29, 0.717) is 17.4 Å². The molecule has 1 amide bonds. The second kappa shape index (κ2) is 35.4. The molecule has 9 heteroatoms. The first-order chi connectivity index (χ1) is 25.0. The Bertz CT molecular complexity index is 948. The molecule has 0 aromatic heterocycles. The van der Waals surface area contributed by atoms with Gasteiger partial charge in [0.2, 0.25) is 5.91 Å². The lowest BCUT2D eigenvalue weighted by Gasteiger charge is -2.29. The van der Waals surface area contributed by atoms with Gasteiger partial charge in [-0.25, -0.2) is 0 Å². The van der Waals surface area contributed by atoms with Crippen LogP contribution >= 0.6 is 7.82 Å². The molecule has 8 nitrogen and oxygen atoms in total. The molecule has 0 aromatic rings. The zero-order chi connectivity index (χ0) is 38.6. The summed E-state index contributed by atoms with van der Waals surface area (Å²) < 4.78 is 23.1. The lowest BCUT2D eigenvalue weighted by Crippen LogP contribution is -2.45. The van der Waals surface area contributed by atoms with Gasteiger partial charge in [0, 0.05) is 6.42 Å². The molecule has 3 atom stereocenters. The van der Waals surface area contributed by atoms with E-state index >= 15 is 0 Å². The van der Waals surface area contributed by atoms with Gasteiger partial charge in [-0.05, 0) is 57.8 Å². The predicted molar refractivity (Wildman–Crippen MR) is 219 cm³/mol. The number of aliphatic hydroxyl groups excluding tert-OH is 1. The summed E-state index contributed by atoms with van der Waals surface area (Å²) in [5, 5.41) is 13.7. The predicted octanol–water partition coefficient (Wildman–Crippen LogP) is 10.9. The van der Waals surface area contributed by atoms with Gasteiger partial charge in [-0.3, -0.25) is 9.36 Å². The maximum atomic E-state index is 12.8. The molecule has 0 heterocycles. The molecule has 0 aliphatic heterocycles. The first kappa shape index (κ1) is 50.7. The van der Waals surface area contributed by atoms with Crippen LogP contribution in [0.3, 0.4) is 0 Å². The third-order valence-corrected chi connectivity index (χ3v) is 10.3. The van der Waals surface area contributed by atoms with Crippen molar-refractivity contribution < 1.29 is 32.9 Å². The van der Waals surface area contributed by atoms with E-state index in [1.165, 1.54) is 103 Å². The van der Waals surface area contributed by atoms with Gasteiger partial charge in [0.25, 0.3) is 7.82 Å². The van der Waals surface area contributed by atoms with E-state index in [1.807, 2.05) is 27.2 Å². The van der Waals surface area contributed by atoms with Crippen molar-refractivity contribution >= 4 is 13.7 Å². The Labute approximate surface area is 321 Å². The number of carbonyl (C=O) groups excluding carboxylic acids is 1. The van der Waals surface area contributed by atoms with Crippen LogP contribution in [0.5, 0.6) is 0 Å². The molecule has 0 rings (SSSR count). The number of unbranched alkanes of at least 4 members (excludes halogenated alkanes) is 21. The van der Waals surface area contributed by atoms with Crippen molar-refractivity contribution in [1.29, 1.82) is 0 Å². The first-order valence-corrected chi connectivity index (χ1v) is 22.8. The molecule has 1 unspecified atom stereocenters. The zero-order valence-corrected chi connectivity index (χ0v) is 35.4. The highest BCUT2D eigenvalue weighted by Gasteiger charge is 2.23. The quantitative estimate of drug-likeness (QED) is 0.0281. The van der Waals surface area contributed by atoms with Gasteiger partial charge >= 0.3 is 0 Å². The van der Waals surface area contributed by atoms with Crippen molar-refractivity contribution in [1.82, 2.24) is 5.32 Å². The number of rotatable bonds is 38. The second-order valence-corrected chi connectivity index (χ2v) is 17.1. The van der Waals surface area contributed by atoms with Gasteiger partial charge in [0.15, 0.2) is 0 Å². The maximum Gasteiger partial charge on any atom is 0.268 e. The average Bonchev–Trinajstić information content (AvgIpc) is 3.09. The number of carbonyl (C=O) groups is 1. The van der Waals surface area contributed by atoms with Gasteiger partial charge in [-0.15, -0.1) is 0 Å². The van der Waals surface area contributed by atoms with Gasteiger partial charge in [-0.2, -0.15) is 0 Å². The van der Waals surface area contributed by atoms with Crippen LogP contribution in [-0.2, 0) is 18.4 Å². The molecule has 0 saturated heterocycles. The molecule has 0 aliphatic rings. The summed E-state index contributed by atoms with van der Waals surface area (Å²) in [6, 6.07) is -0.904. The van der Waals surface area contributed by atoms with Gasteiger partial charge in [0.05, 0.1) is 39.9 Å². The van der Waals surface area contributed by atoms with Crippen molar-refractivity contribution in [2.45, 2.75) is 193 Å². The van der Waals surface area contributed by atoms with Crippen molar-refractivity contribution in [3.63, 3.8) is 0 Å². The standard InChI is InChI=1S/C43H83N2O6P/c1-6-8-10-12-14-16-18-20-22-23-24-26-28-30-32-34-36-42(46)41(40-51-52(48,49)50-39-38-45(3,4)5)44-43(47)37-35-33-31-29-27-25-21-19-17-15-13-11-9-7-2/h19,21,26,28,34,36,41-42,46H,6-18,20,22-25,27,29-33,35,37-40H2,1-5H3,(H-,44,47,48,49)/b21-19+,28-26+,36-34+/t41-,42+/m0/s1. The molecule has 2 N–H and O–H groups in total. The molecule has 0 spiro atoms. The summed E-state index contributed by atoms with van der Waals surface area (Å²) in [6.45, 7) is 4.59. The molecule has 0 saturated carbocycles. The van der Waals surface area contributed by atoms with Gasteiger partial charge in [-0.1, -0.05) is 153 Å². The van der Waals surface area contributed by atoms with E-state index in [9.17, 15) is 19.4 Å². The van der Waals surface area contributed by atoms with Crippen LogP contribution in [0.4, 0.5) is 0 Å². The first-order valence-electron chi connectivity index (χ1n) is 21.4. The van der Waals surface area contributed by atoms with Crippen molar-refractivity contribution in [3.05, 3.63) is 36.5 Å². The van der Waals surface area contributed by atoms with Crippen LogP contribution in [0.25, 0.3) is 0 Å². The van der Waals surface area contributed by atoms with Gasteiger partial charge < -0.3 is 28.8 Å². The van der Waals surface area contributed by atoms with Crippen LogP contribution in [0, 0.1) is 0 Å². The lowest BCUT2D eigenvalue weighted by atomic mass is 10.1. The lowest BCUT2D eigenvalue weighted by molar-refractivity contribution is -0.870. The molecule has 0 fully saturated rings. The Morgan fingerprint density at radius 2 is 1.08 bits per heavy atom. The highest BCUT2D eigenvalue weighted by Crippen LogP contribution is 2.38. The fourth-order valence-corrected chi connectivity index (χ4v) is 6.59. The molecule has 306 valence electrons. The fourth-order valence-electron chi connectivity index (χ4n) is 5.87. The fraction of sp³-hybridized carbons (Fsp3) is 0.837. The number of hydrogen-bond acceptors (Lipinski definition) is 6. The summed E-state index contributed by atoms with van der Waals surface area (Å²) in [6.07, 6.45) is 41.9. The number of nitrogens with zero attached hydrogens (tertiary/aromatic N) is 1. The maximum absolute atomic E-state index is 12.8. The van der Waals surface area contributed by atoms with Gasteiger partial charge in [0.1, 0.15) is 13.2 Å². The van der Waals surface area contributed by atoms with E-state index in [1.54, 1.807) is 6.08 Å². The number of aliphatic hydroxyl groups is 1. The minimum atomic E-state index is -4.59. The minimum Gasteiger partial charge on any atom is -0.756 e. The molecule has 52 heavy (non-hydrogen) atoms. The van der Waals surface area contributed by atoms with Crippen molar-refractivity contribution in [2.75, 3.05) is 40.9 Å². The van der Waals surface area contributed by atoms with E-state index in [0.717, 1.165) is 57.8 Å². The number of amides is 1. The number of phosphoric acid groups is 1. The van der Waals surface area contributed by atoms with Crippen LogP contribution in [0.15, 0.2) is 36.5 Å². The monoisotopic (exact) mass is 755 g/mol. The topological polar surface area (TPSA) is 108 Å². The van der Waals surface area contributed by atoms with Crippen LogP contribution < -0.4 is 10.2 Å². The average molecular weight is 755 g/mol. The van der Waals surface area contributed by atoms with Crippen LogP contribution in [0.1, 0.15) is 181 Å². The van der Waals surface area contributed by atoms with Crippen molar-refractivity contribution in [3.8, 4) is 0 Å². The molecule has 0 bridgehead atoms. The van der Waals surface area contributed by atoms with Crippen LogP contribution in [0.2, 0.25) is 0 Å². The number of hydrogen-bond donors (Lipinski definition) is 2. The summed E-state index contributed by atoms with van der Waals surface area (Å²) in [7, 11) is 1.24. The number of likely N-dealkylation sites (N-methyl/N-ethyl adjacent to an activating group) is 1. The Kier molecular flexibility index (Phi) is 34.6. The van der Waals surface area contributed by atoms with Crippen LogP contribution in [-0.4, -0.2) is 68.5 Å². The summed E-state index contributed by atoms with van der Waals surface area (Å²) >= 11 is 0. The third-order valence-electron chi connectivity index (χ3n) is 9.32. The molecular formula is C43H83N2O6P. The van der Waals surface area contributed by atoms with E-state index in [4.69, 9.17) is 9.05 Å². The SMILES string of the molecule is CCCCCCC/C=C/CCCCCCCC(=O)N[C@@H](COP(=O)([O-])OCC[N+](C)(C)C)[C@H](O)/C=C/CC/C=C/CCCCCCCCCCCC. The number of phosphoric ester groups is 1. The number of allylic oxidation sites excluding steroid dienone is 5. The normalized spacial score (nSPS) is 14.8.